The highest BCUT2D eigenvalue weighted by Gasteiger charge is 2.02. The maximum Gasteiger partial charge on any atom is 0.241 e. The number of carbonyl (C=O) groups excluding carboxylic acids is 1. The average molecular weight is 275 g/mol. The van der Waals surface area contributed by atoms with Crippen molar-refractivity contribution in [2.24, 2.45) is 0 Å². The summed E-state index contributed by atoms with van der Waals surface area (Å²) in [5.74, 6) is -0.0930. The van der Waals surface area contributed by atoms with Crippen molar-refractivity contribution in [2.45, 2.75) is 19.5 Å². The van der Waals surface area contributed by atoms with Gasteiger partial charge in [0.2, 0.25) is 5.91 Å². The van der Waals surface area contributed by atoms with E-state index < -0.39 is 0 Å². The fourth-order valence-corrected chi connectivity index (χ4v) is 1.63. The Morgan fingerprint density at radius 2 is 2.30 bits per heavy atom. The number of rotatable bonds is 8. The third kappa shape index (κ3) is 5.11. The van der Waals surface area contributed by atoms with Gasteiger partial charge in [-0.1, -0.05) is 6.07 Å². The summed E-state index contributed by atoms with van der Waals surface area (Å²) in [4.78, 5) is 15.6. The van der Waals surface area contributed by atoms with Crippen LogP contribution < -0.4 is 10.6 Å². The van der Waals surface area contributed by atoms with Gasteiger partial charge >= 0.3 is 0 Å². The summed E-state index contributed by atoms with van der Waals surface area (Å²) in [6.07, 6.45) is 5.86. The van der Waals surface area contributed by atoms with Crippen LogP contribution in [0.2, 0.25) is 0 Å². The fourth-order valence-electron chi connectivity index (χ4n) is 1.63. The largest absolute Gasteiger partial charge is 0.354 e. The van der Waals surface area contributed by atoms with E-state index in [2.05, 4.69) is 31.1 Å². The Morgan fingerprint density at radius 1 is 1.35 bits per heavy atom. The quantitative estimate of drug-likeness (QED) is 0.622. The minimum Gasteiger partial charge on any atom is -0.354 e. The van der Waals surface area contributed by atoms with Crippen LogP contribution in [0.5, 0.6) is 0 Å². The molecule has 2 aromatic rings. The Balaban J connectivity index is 1.50. The molecule has 0 aliphatic heterocycles. The molecule has 0 atom stereocenters. The maximum absolute atomic E-state index is 11.5. The van der Waals surface area contributed by atoms with Gasteiger partial charge < -0.3 is 10.6 Å². The number of nitrogens with one attached hydrogen (secondary N) is 2. The number of amides is 1. The molecule has 0 bridgehead atoms. The summed E-state index contributed by atoms with van der Waals surface area (Å²) in [7, 11) is 0. The molecule has 0 saturated carbocycles. The van der Waals surface area contributed by atoms with Crippen LogP contribution in [0.3, 0.4) is 0 Å². The van der Waals surface area contributed by atoms with Crippen molar-refractivity contribution >= 4 is 5.91 Å². The van der Waals surface area contributed by atoms with Crippen LogP contribution >= 0.6 is 0 Å². The van der Waals surface area contributed by atoms with E-state index in [0.29, 0.717) is 6.54 Å². The van der Waals surface area contributed by atoms with Gasteiger partial charge in [-0.3, -0.25) is 9.78 Å². The SMILES string of the molecule is O=C(Cn1cnnn1)NCCCNCc1cccnc1. The number of hydrogen-bond acceptors (Lipinski definition) is 6. The van der Waals surface area contributed by atoms with Gasteiger partial charge in [0.1, 0.15) is 12.9 Å². The first kappa shape index (κ1) is 14.1. The molecule has 2 rings (SSSR count). The molecule has 1 amide bonds. The van der Waals surface area contributed by atoms with Crippen molar-refractivity contribution in [3.05, 3.63) is 36.4 Å². The number of carbonyl (C=O) groups is 1. The van der Waals surface area contributed by atoms with E-state index in [9.17, 15) is 4.79 Å². The van der Waals surface area contributed by atoms with Crippen molar-refractivity contribution in [3.8, 4) is 0 Å². The normalized spacial score (nSPS) is 10.4. The molecule has 20 heavy (non-hydrogen) atoms. The van der Waals surface area contributed by atoms with E-state index in [1.54, 1.807) is 6.20 Å². The lowest BCUT2D eigenvalue weighted by Crippen LogP contribution is -2.30. The zero-order valence-electron chi connectivity index (χ0n) is 11.1. The first-order valence-electron chi connectivity index (χ1n) is 6.41. The monoisotopic (exact) mass is 275 g/mol. The molecule has 0 fully saturated rings. The third-order valence-corrected chi connectivity index (χ3v) is 2.60. The van der Waals surface area contributed by atoms with Crippen LogP contribution in [0.4, 0.5) is 0 Å². The summed E-state index contributed by atoms with van der Waals surface area (Å²) >= 11 is 0. The topological polar surface area (TPSA) is 97.6 Å². The van der Waals surface area contributed by atoms with E-state index >= 15 is 0 Å². The van der Waals surface area contributed by atoms with Crippen molar-refractivity contribution in [1.82, 2.24) is 35.8 Å². The number of tetrazole rings is 1. The Hall–Kier alpha value is -2.35. The lowest BCUT2D eigenvalue weighted by atomic mass is 10.3. The minimum absolute atomic E-state index is 0.0930. The third-order valence-electron chi connectivity index (χ3n) is 2.60. The van der Waals surface area contributed by atoms with Gasteiger partial charge in [0.05, 0.1) is 0 Å². The second-order valence-corrected chi connectivity index (χ2v) is 4.25. The second kappa shape index (κ2) is 7.95. The Morgan fingerprint density at radius 3 is 3.05 bits per heavy atom. The van der Waals surface area contributed by atoms with Gasteiger partial charge in [0, 0.05) is 25.5 Å². The minimum atomic E-state index is -0.0930. The molecule has 0 aromatic carbocycles. The molecule has 2 N–H and O–H groups in total. The molecule has 0 aliphatic rings. The summed E-state index contributed by atoms with van der Waals surface area (Å²) in [6, 6.07) is 3.93. The Kier molecular flexibility index (Phi) is 5.59. The molecule has 8 heteroatoms. The molecule has 0 spiro atoms. The molecule has 0 aliphatic carbocycles. The number of aromatic nitrogens is 5. The highest BCUT2D eigenvalue weighted by Crippen LogP contribution is 1.93. The molecule has 0 unspecified atom stereocenters. The van der Waals surface area contributed by atoms with Gasteiger partial charge in [-0.05, 0) is 35.0 Å². The highest BCUT2D eigenvalue weighted by molar-refractivity contribution is 5.75. The van der Waals surface area contributed by atoms with E-state index in [0.717, 1.165) is 25.1 Å². The van der Waals surface area contributed by atoms with Crippen molar-refractivity contribution in [2.75, 3.05) is 13.1 Å². The highest BCUT2D eigenvalue weighted by atomic mass is 16.2. The van der Waals surface area contributed by atoms with Gasteiger partial charge in [0.25, 0.3) is 0 Å². The second-order valence-electron chi connectivity index (χ2n) is 4.25. The summed E-state index contributed by atoms with van der Waals surface area (Å²) in [5.41, 5.74) is 1.15. The molecule has 2 heterocycles. The molecule has 0 radical (unpaired) electrons. The van der Waals surface area contributed by atoms with Gasteiger partial charge in [-0.15, -0.1) is 5.10 Å². The predicted octanol–water partition coefficient (Wildman–Crippen LogP) is -0.636. The summed E-state index contributed by atoms with van der Waals surface area (Å²) in [6.45, 7) is 2.39. The van der Waals surface area contributed by atoms with Crippen LogP contribution in [0, 0.1) is 0 Å². The van der Waals surface area contributed by atoms with E-state index in [4.69, 9.17) is 0 Å². The molecule has 8 nitrogen and oxygen atoms in total. The zero-order valence-corrected chi connectivity index (χ0v) is 11.1. The van der Waals surface area contributed by atoms with E-state index in [1.807, 2.05) is 18.3 Å². The lowest BCUT2D eigenvalue weighted by molar-refractivity contribution is -0.121. The lowest BCUT2D eigenvalue weighted by Gasteiger charge is -2.06. The Labute approximate surface area is 116 Å². The van der Waals surface area contributed by atoms with Gasteiger partial charge in [-0.25, -0.2) is 4.68 Å². The maximum atomic E-state index is 11.5. The van der Waals surface area contributed by atoms with Crippen LogP contribution in [-0.4, -0.2) is 44.2 Å². The molecule has 0 saturated heterocycles. The van der Waals surface area contributed by atoms with Gasteiger partial charge in [0.15, 0.2) is 0 Å². The number of hydrogen-bond donors (Lipinski definition) is 2. The fraction of sp³-hybridized carbons (Fsp3) is 0.417. The zero-order chi connectivity index (χ0) is 14.0. The smallest absolute Gasteiger partial charge is 0.241 e. The summed E-state index contributed by atoms with van der Waals surface area (Å²) < 4.78 is 1.38. The van der Waals surface area contributed by atoms with E-state index in [1.165, 1.54) is 11.0 Å². The molecular formula is C12H17N7O. The first-order valence-corrected chi connectivity index (χ1v) is 6.41. The molecule has 106 valence electrons. The molecule has 2 aromatic heterocycles. The van der Waals surface area contributed by atoms with Gasteiger partial charge in [-0.2, -0.15) is 0 Å². The predicted molar refractivity (Wildman–Crippen MR) is 71.4 cm³/mol. The van der Waals surface area contributed by atoms with Crippen LogP contribution in [0.25, 0.3) is 0 Å². The van der Waals surface area contributed by atoms with Crippen molar-refractivity contribution in [3.63, 3.8) is 0 Å². The number of pyridine rings is 1. The average Bonchev–Trinajstić information content (AvgIpc) is 2.96. The van der Waals surface area contributed by atoms with E-state index in [-0.39, 0.29) is 12.5 Å². The van der Waals surface area contributed by atoms with Crippen molar-refractivity contribution < 1.29 is 4.79 Å². The van der Waals surface area contributed by atoms with Crippen LogP contribution in [-0.2, 0) is 17.9 Å². The van der Waals surface area contributed by atoms with Crippen LogP contribution in [0.1, 0.15) is 12.0 Å². The van der Waals surface area contributed by atoms with Crippen molar-refractivity contribution in [1.29, 1.82) is 0 Å². The molecular weight excluding hydrogens is 258 g/mol. The summed E-state index contributed by atoms with van der Waals surface area (Å²) in [5, 5.41) is 16.7. The first-order chi connectivity index (χ1) is 9.84. The van der Waals surface area contributed by atoms with Crippen LogP contribution in [0.15, 0.2) is 30.9 Å². The number of nitrogens with zero attached hydrogens (tertiary/aromatic N) is 5. The Bertz CT molecular complexity index is 500. The standard InChI is InChI=1S/C12H17N7O/c20-12(9-19-10-16-17-18-19)15-6-2-5-14-8-11-3-1-4-13-7-11/h1,3-4,7,10,14H,2,5-6,8-9H2,(H,15,20).